The van der Waals surface area contributed by atoms with Gasteiger partial charge in [-0.15, -0.1) is 0 Å². The lowest BCUT2D eigenvalue weighted by molar-refractivity contribution is -0.152. The number of carbonyl (C=O) groups excluding carboxylic acids is 7. The SMILES string of the molecule is CNC(=O)Cc1ccc(COC(=O)C(CC(=O)CCC(=O)NCCCOCCOCCOCCCNC(=O)CSC(=O)C(CC(C)C)NC(=O)OC(C)(C)C)CC(C)C)cc1. The van der Waals surface area contributed by atoms with E-state index in [4.69, 9.17) is 23.7 Å². The van der Waals surface area contributed by atoms with Gasteiger partial charge in [-0.3, -0.25) is 28.8 Å². The van der Waals surface area contributed by atoms with Crippen LogP contribution in [0.15, 0.2) is 24.3 Å². The summed E-state index contributed by atoms with van der Waals surface area (Å²) in [6, 6.07) is 6.49. The van der Waals surface area contributed by atoms with Gasteiger partial charge in [-0.05, 0) is 69.4 Å². The topological polar surface area (TPSA) is 214 Å². The van der Waals surface area contributed by atoms with Gasteiger partial charge in [0.25, 0.3) is 0 Å². The number of benzene rings is 1. The maximum absolute atomic E-state index is 12.9. The van der Waals surface area contributed by atoms with Crippen LogP contribution in [0.5, 0.6) is 0 Å². The second-order valence-corrected chi connectivity index (χ2v) is 17.5. The van der Waals surface area contributed by atoms with Crippen molar-refractivity contribution in [2.45, 2.75) is 118 Å². The van der Waals surface area contributed by atoms with Gasteiger partial charge in [0, 0.05) is 52.6 Å². The molecular formula is C44H72N4O12S. The molecule has 346 valence electrons. The Balaban J connectivity index is 2.10. The highest BCUT2D eigenvalue weighted by molar-refractivity contribution is 8.14. The van der Waals surface area contributed by atoms with Gasteiger partial charge in [-0.2, -0.15) is 0 Å². The molecule has 0 bridgehead atoms. The number of esters is 1. The van der Waals surface area contributed by atoms with Crippen LogP contribution in [0.1, 0.15) is 105 Å². The fourth-order valence-electron chi connectivity index (χ4n) is 5.62. The quantitative estimate of drug-likeness (QED) is 0.0573. The Morgan fingerprint density at radius 1 is 0.689 bits per heavy atom. The zero-order chi connectivity index (χ0) is 45.6. The summed E-state index contributed by atoms with van der Waals surface area (Å²) in [5, 5.41) is 10.5. The molecule has 0 heterocycles. The zero-order valence-electron chi connectivity index (χ0n) is 37.7. The van der Waals surface area contributed by atoms with Crippen LogP contribution >= 0.6 is 11.8 Å². The lowest BCUT2D eigenvalue weighted by Crippen LogP contribution is -2.43. The van der Waals surface area contributed by atoms with E-state index in [9.17, 15) is 33.6 Å². The fraction of sp³-hybridized carbons (Fsp3) is 0.705. The lowest BCUT2D eigenvalue weighted by Gasteiger charge is -2.23. The lowest BCUT2D eigenvalue weighted by atomic mass is 9.91. The van der Waals surface area contributed by atoms with Crippen LogP contribution in [0.3, 0.4) is 0 Å². The first-order valence-electron chi connectivity index (χ1n) is 21.3. The Bertz CT molecular complexity index is 1480. The van der Waals surface area contributed by atoms with Crippen molar-refractivity contribution in [2.24, 2.45) is 17.8 Å². The van der Waals surface area contributed by atoms with E-state index in [0.717, 1.165) is 22.9 Å². The standard InChI is InChI=1S/C44H72N4O12S/c1-31(2)25-35(41(53)59-29-34-13-11-33(12-14-34)27-39(51)45-8)28-36(49)15-16-38(50)46-17-9-19-56-21-23-58-24-22-57-20-10-18-47-40(52)30-61-42(54)37(26-32(3)4)48-43(55)60-44(5,6)7/h11-14,31-32,35,37H,9-10,15-30H2,1-8H3,(H,45,51)(H,46,50)(H,47,52)(H,48,55). The first kappa shape index (κ1) is 55.0. The fourth-order valence-corrected chi connectivity index (χ4v) is 6.35. The number of alkyl carbamates (subject to hydrolysis) is 1. The Morgan fingerprint density at radius 2 is 1.23 bits per heavy atom. The number of amides is 4. The van der Waals surface area contributed by atoms with Crippen molar-refractivity contribution in [1.82, 2.24) is 21.3 Å². The molecule has 16 nitrogen and oxygen atoms in total. The molecule has 1 aromatic carbocycles. The van der Waals surface area contributed by atoms with Crippen molar-refractivity contribution in [1.29, 1.82) is 0 Å². The second kappa shape index (κ2) is 31.7. The van der Waals surface area contributed by atoms with Gasteiger partial charge < -0.3 is 45.0 Å². The number of nitrogens with one attached hydrogen (secondary N) is 4. The molecule has 0 aromatic heterocycles. The molecule has 2 unspecified atom stereocenters. The Morgan fingerprint density at radius 3 is 1.77 bits per heavy atom. The first-order chi connectivity index (χ1) is 28.9. The van der Waals surface area contributed by atoms with Crippen LogP contribution in [-0.2, 0) is 65.5 Å². The minimum Gasteiger partial charge on any atom is -0.461 e. The molecule has 1 aromatic rings. The van der Waals surface area contributed by atoms with Crippen molar-refractivity contribution in [3.8, 4) is 0 Å². The van der Waals surface area contributed by atoms with Crippen LogP contribution in [0.2, 0.25) is 0 Å². The molecule has 61 heavy (non-hydrogen) atoms. The Labute approximate surface area is 366 Å². The third-order valence-electron chi connectivity index (χ3n) is 8.59. The van der Waals surface area contributed by atoms with Gasteiger partial charge in [0.1, 0.15) is 24.0 Å². The summed E-state index contributed by atoms with van der Waals surface area (Å²) in [4.78, 5) is 86.6. The molecular weight excluding hydrogens is 809 g/mol. The summed E-state index contributed by atoms with van der Waals surface area (Å²) < 4.78 is 27.4. The molecule has 1 rings (SSSR count). The number of likely N-dealkylation sites (N-methyl/N-ethyl adjacent to an activating group) is 1. The van der Waals surface area contributed by atoms with Crippen LogP contribution < -0.4 is 21.3 Å². The molecule has 0 radical (unpaired) electrons. The maximum Gasteiger partial charge on any atom is 0.408 e. The Kier molecular flexibility index (Phi) is 28.6. The van der Waals surface area contributed by atoms with Crippen LogP contribution in [0.4, 0.5) is 4.79 Å². The number of ketones is 1. The van der Waals surface area contributed by atoms with E-state index in [1.54, 1.807) is 40.0 Å². The van der Waals surface area contributed by atoms with Crippen molar-refractivity contribution in [3.05, 3.63) is 35.4 Å². The minimum absolute atomic E-state index is 0.0156. The molecule has 0 fully saturated rings. The smallest absolute Gasteiger partial charge is 0.408 e. The minimum atomic E-state index is -0.749. The summed E-state index contributed by atoms with van der Waals surface area (Å²) in [5.74, 6) is -1.53. The monoisotopic (exact) mass is 880 g/mol. The van der Waals surface area contributed by atoms with E-state index < -0.39 is 29.6 Å². The molecule has 0 aliphatic heterocycles. The third kappa shape index (κ3) is 29.8. The van der Waals surface area contributed by atoms with E-state index >= 15 is 0 Å². The van der Waals surface area contributed by atoms with Crippen molar-refractivity contribution >= 4 is 52.4 Å². The second-order valence-electron chi connectivity index (χ2n) is 16.5. The van der Waals surface area contributed by atoms with E-state index in [2.05, 4.69) is 21.3 Å². The molecule has 0 aliphatic carbocycles. The number of rotatable bonds is 32. The predicted octanol–water partition coefficient (Wildman–Crippen LogP) is 4.68. The normalized spacial score (nSPS) is 12.4. The number of thioether (sulfide) groups is 1. The van der Waals surface area contributed by atoms with E-state index in [0.29, 0.717) is 78.4 Å². The molecule has 0 saturated carbocycles. The van der Waals surface area contributed by atoms with E-state index in [-0.39, 0.29) is 78.5 Å². The average Bonchev–Trinajstić information content (AvgIpc) is 3.18. The summed E-state index contributed by atoms with van der Waals surface area (Å²) in [7, 11) is 1.58. The molecule has 4 amide bonds. The summed E-state index contributed by atoms with van der Waals surface area (Å²) in [6.45, 7) is 16.3. The van der Waals surface area contributed by atoms with Gasteiger partial charge in [0.2, 0.25) is 22.8 Å². The molecule has 0 aliphatic rings. The summed E-state index contributed by atoms with van der Waals surface area (Å²) in [5.41, 5.74) is 0.942. The van der Waals surface area contributed by atoms with Gasteiger partial charge in [-0.25, -0.2) is 4.79 Å². The highest BCUT2D eigenvalue weighted by Gasteiger charge is 2.27. The third-order valence-corrected chi connectivity index (χ3v) is 9.56. The Hall–Kier alpha value is -4.06. The largest absolute Gasteiger partial charge is 0.461 e. The van der Waals surface area contributed by atoms with Gasteiger partial charge in [0.15, 0.2) is 0 Å². The highest BCUT2D eigenvalue weighted by Crippen LogP contribution is 2.20. The van der Waals surface area contributed by atoms with Gasteiger partial charge in [0.05, 0.1) is 44.5 Å². The number of ether oxygens (including phenoxy) is 5. The van der Waals surface area contributed by atoms with Crippen LogP contribution in [0, 0.1) is 17.8 Å². The van der Waals surface area contributed by atoms with Gasteiger partial charge in [-0.1, -0.05) is 63.7 Å². The molecule has 0 spiro atoms. The number of carbonyl (C=O) groups is 7. The van der Waals surface area contributed by atoms with Crippen molar-refractivity contribution in [2.75, 3.05) is 65.5 Å². The summed E-state index contributed by atoms with van der Waals surface area (Å²) >= 11 is 0.867. The van der Waals surface area contributed by atoms with Crippen molar-refractivity contribution in [3.63, 3.8) is 0 Å². The van der Waals surface area contributed by atoms with E-state index in [1.165, 1.54) is 0 Å². The van der Waals surface area contributed by atoms with E-state index in [1.807, 2.05) is 39.8 Å². The van der Waals surface area contributed by atoms with Crippen molar-refractivity contribution < 1.29 is 57.2 Å². The molecule has 4 N–H and O–H groups in total. The molecule has 0 saturated heterocycles. The van der Waals surface area contributed by atoms with Gasteiger partial charge >= 0.3 is 12.1 Å². The molecule has 17 heteroatoms. The number of hydrogen-bond acceptors (Lipinski definition) is 13. The molecule has 2 atom stereocenters. The highest BCUT2D eigenvalue weighted by atomic mass is 32.2. The zero-order valence-corrected chi connectivity index (χ0v) is 38.5. The van der Waals surface area contributed by atoms with Crippen LogP contribution in [-0.4, -0.2) is 118 Å². The summed E-state index contributed by atoms with van der Waals surface area (Å²) in [6.07, 6.45) is 1.80. The average molecular weight is 881 g/mol. The maximum atomic E-state index is 12.9. The van der Waals surface area contributed by atoms with Crippen LogP contribution in [0.25, 0.3) is 0 Å². The number of Topliss-reactive ketones (excluding diaryl/α,β-unsaturated/α-hetero) is 1. The number of hydrogen-bond donors (Lipinski definition) is 4. The predicted molar refractivity (Wildman–Crippen MR) is 234 cm³/mol. The first-order valence-corrected chi connectivity index (χ1v) is 22.3.